The van der Waals surface area contributed by atoms with E-state index in [1.54, 1.807) is 31.5 Å². The van der Waals surface area contributed by atoms with Crippen molar-refractivity contribution in [1.82, 2.24) is 43.5 Å². The minimum Gasteiger partial charge on any atom is -0.496 e. The van der Waals surface area contributed by atoms with Gasteiger partial charge in [-0.1, -0.05) is 6.07 Å². The Morgan fingerprint density at radius 3 is 2.48 bits per heavy atom. The van der Waals surface area contributed by atoms with Crippen molar-refractivity contribution in [3.05, 3.63) is 61.8 Å². The van der Waals surface area contributed by atoms with E-state index in [0.717, 1.165) is 11.1 Å². The van der Waals surface area contributed by atoms with Crippen molar-refractivity contribution in [2.24, 2.45) is 7.05 Å². The third-order valence-electron chi connectivity index (χ3n) is 9.79. The summed E-state index contributed by atoms with van der Waals surface area (Å²) in [6.45, 7) is 6.19. The minimum absolute atomic E-state index is 0.0715. The van der Waals surface area contributed by atoms with Crippen LogP contribution in [0.5, 0.6) is 5.75 Å². The van der Waals surface area contributed by atoms with E-state index in [9.17, 15) is 29.4 Å². The van der Waals surface area contributed by atoms with Crippen molar-refractivity contribution in [3.63, 3.8) is 0 Å². The molecule has 2 amide bonds. The van der Waals surface area contributed by atoms with E-state index in [2.05, 4.69) is 25.6 Å². The molecule has 5 aromatic rings. The Morgan fingerprint density at radius 1 is 1.04 bits per heavy atom. The van der Waals surface area contributed by atoms with Crippen molar-refractivity contribution in [2.75, 3.05) is 24.7 Å². The zero-order chi connectivity index (χ0) is 37.2. The molecule has 1 aliphatic carbocycles. The number of benzene rings is 1. The summed E-state index contributed by atoms with van der Waals surface area (Å²) in [5.74, 6) is -0.604. The molecule has 19 heteroatoms. The van der Waals surface area contributed by atoms with E-state index in [-0.39, 0.29) is 41.0 Å². The van der Waals surface area contributed by atoms with Crippen LogP contribution in [0, 0.1) is 0 Å². The van der Waals surface area contributed by atoms with Gasteiger partial charge in [-0.25, -0.2) is 14.8 Å². The first-order chi connectivity index (χ1) is 24.9. The van der Waals surface area contributed by atoms with Crippen LogP contribution < -0.4 is 32.4 Å². The van der Waals surface area contributed by atoms with Gasteiger partial charge in [-0.3, -0.25) is 33.4 Å². The summed E-state index contributed by atoms with van der Waals surface area (Å²) in [5.41, 5.74) is 8.27. The number of aromatic nitrogens is 8. The number of carbonyl (C=O) groups excluding carboxylic acids is 2. The zero-order valence-electron chi connectivity index (χ0n) is 29.2. The lowest BCUT2D eigenvalue weighted by molar-refractivity contribution is -0.137. The van der Waals surface area contributed by atoms with Gasteiger partial charge in [0.25, 0.3) is 17.4 Å². The van der Waals surface area contributed by atoms with Crippen molar-refractivity contribution in [3.8, 4) is 5.75 Å². The lowest BCUT2D eigenvalue weighted by atomic mass is 10.0. The fourth-order valence-corrected chi connectivity index (χ4v) is 7.30. The molecular weight excluding hydrogens is 678 g/mol. The number of nitrogen functional groups attached to an aromatic ring is 1. The smallest absolute Gasteiger partial charge is 0.332 e. The number of nitrogens with two attached hydrogens (primary N) is 1. The first-order valence-electron chi connectivity index (χ1n) is 16.9. The van der Waals surface area contributed by atoms with Crippen molar-refractivity contribution >= 4 is 45.9 Å². The zero-order valence-corrected chi connectivity index (χ0v) is 29.2. The van der Waals surface area contributed by atoms with Gasteiger partial charge in [0.2, 0.25) is 5.95 Å². The maximum Gasteiger partial charge on any atom is 0.332 e. The molecule has 52 heavy (non-hydrogen) atoms. The molecule has 274 valence electrons. The van der Waals surface area contributed by atoms with Crippen molar-refractivity contribution in [1.29, 1.82) is 0 Å². The molecule has 5 heterocycles. The highest BCUT2D eigenvalue weighted by Gasteiger charge is 2.47. The third-order valence-corrected chi connectivity index (χ3v) is 9.79. The highest BCUT2D eigenvalue weighted by molar-refractivity contribution is 6.06. The second-order valence-corrected chi connectivity index (χ2v) is 12.7. The highest BCUT2D eigenvalue weighted by Crippen LogP contribution is 2.41. The van der Waals surface area contributed by atoms with Gasteiger partial charge in [-0.05, 0) is 50.8 Å². The van der Waals surface area contributed by atoms with Crippen LogP contribution in [0.25, 0.3) is 22.3 Å². The fourth-order valence-electron chi connectivity index (χ4n) is 7.30. The van der Waals surface area contributed by atoms with Crippen LogP contribution in [-0.4, -0.2) is 92.2 Å². The Kier molecular flexibility index (Phi) is 8.79. The van der Waals surface area contributed by atoms with Gasteiger partial charge >= 0.3 is 5.69 Å². The lowest BCUT2D eigenvalue weighted by Gasteiger charge is -2.17. The molecular formula is C33H39N11O8. The van der Waals surface area contributed by atoms with Crippen molar-refractivity contribution in [2.45, 2.75) is 77.2 Å². The van der Waals surface area contributed by atoms with Crippen LogP contribution in [0.1, 0.15) is 60.2 Å². The number of rotatable bonds is 9. The molecule has 4 aromatic heterocycles. The summed E-state index contributed by atoms with van der Waals surface area (Å²) in [6.07, 6.45) is -3.30. The number of likely N-dealkylation sites (N-methyl/N-ethyl adjacent to an activating group) is 1. The maximum atomic E-state index is 13.8. The number of anilines is 2. The molecule has 1 aromatic carbocycles. The number of methoxy groups -OCH3 is 1. The van der Waals surface area contributed by atoms with Crippen molar-refractivity contribution < 1.29 is 29.3 Å². The number of ether oxygens (including phenoxy) is 2. The van der Waals surface area contributed by atoms with Gasteiger partial charge in [0, 0.05) is 32.6 Å². The molecule has 19 nitrogen and oxygen atoms in total. The maximum absolute atomic E-state index is 13.8. The number of nitrogens with one attached hydrogen (secondary N) is 2. The summed E-state index contributed by atoms with van der Waals surface area (Å²) in [6, 6.07) is 3.47. The fraction of sp³-hybridized carbons (Fsp3) is 0.455. The van der Waals surface area contributed by atoms with Crippen LogP contribution in [0.4, 0.5) is 11.8 Å². The normalized spacial score (nSPS) is 21.2. The number of aryl methyl sites for hydroxylation is 2. The van der Waals surface area contributed by atoms with Gasteiger partial charge in [-0.2, -0.15) is 9.97 Å². The van der Waals surface area contributed by atoms with E-state index in [0.29, 0.717) is 48.7 Å². The minimum atomic E-state index is -1.52. The van der Waals surface area contributed by atoms with Crippen LogP contribution in [0.15, 0.2) is 28.0 Å². The monoisotopic (exact) mass is 717 g/mol. The van der Waals surface area contributed by atoms with Gasteiger partial charge in [0.15, 0.2) is 35.0 Å². The van der Waals surface area contributed by atoms with Crippen LogP contribution >= 0.6 is 0 Å². The SMILES string of the molecule is CCNC(=O)C1O[C@@H](n2cnc3c(N)nc(NC(=O)c4ccc5c(c4OC)CC(c4nc6c(c(=O)n(CC)c(=O)n6CC)n4C)C5)nc32)[C@H](O)[C@@H]1O. The molecule has 2 unspecified atom stereocenters. The summed E-state index contributed by atoms with van der Waals surface area (Å²) in [5, 5.41) is 26.5. The van der Waals surface area contributed by atoms with Gasteiger partial charge < -0.3 is 35.3 Å². The topological polar surface area (TPSA) is 249 Å². The first kappa shape index (κ1) is 34.8. The molecule has 0 radical (unpaired) electrons. The van der Waals surface area contributed by atoms with E-state index in [1.165, 1.54) is 27.1 Å². The number of amides is 2. The standard InChI is InChI=1S/C33H39N11O8/c1-6-35-29(48)23-20(45)21(46)31(52-23)44-13-36-18-24(34)37-32(39-26(18)44)40-28(47)16-10-9-14-11-15(12-17(14)22(16)51-5)25-38-27-19(41(25)4)30(49)43(8-3)33(50)42(27)7-2/h9-10,13,15,20-21,23,31,45-46H,6-8,11-12H2,1-5H3,(H,35,48)(H3,34,37,39,40,47)/t15?,20-,21+,23?,31+/m0/s1. The number of aliphatic hydroxyl groups excluding tert-OH is 2. The van der Waals surface area contributed by atoms with Crippen LogP contribution in [0.3, 0.4) is 0 Å². The number of nitrogens with zero attached hydrogens (tertiary/aromatic N) is 8. The van der Waals surface area contributed by atoms with Crippen LogP contribution in [-0.2, 0) is 42.5 Å². The second kappa shape index (κ2) is 13.1. The Morgan fingerprint density at radius 2 is 1.79 bits per heavy atom. The molecule has 1 aliphatic heterocycles. The second-order valence-electron chi connectivity index (χ2n) is 12.7. The Bertz CT molecular complexity index is 2380. The summed E-state index contributed by atoms with van der Waals surface area (Å²) in [7, 11) is 3.24. The molecule has 0 bridgehead atoms. The average Bonchev–Trinajstić information content (AvgIpc) is 3.89. The molecule has 2 aliphatic rings. The van der Waals surface area contributed by atoms with E-state index < -0.39 is 47.6 Å². The summed E-state index contributed by atoms with van der Waals surface area (Å²) >= 11 is 0. The largest absolute Gasteiger partial charge is 0.496 e. The molecule has 6 N–H and O–H groups in total. The lowest BCUT2D eigenvalue weighted by Crippen LogP contribution is -2.42. The molecule has 7 rings (SSSR count). The number of aliphatic hydroxyl groups is 2. The molecule has 0 spiro atoms. The number of imidazole rings is 2. The van der Waals surface area contributed by atoms with E-state index in [1.807, 2.05) is 13.0 Å². The predicted octanol–water partition coefficient (Wildman–Crippen LogP) is -0.443. The quantitative estimate of drug-likeness (QED) is 0.130. The van der Waals surface area contributed by atoms with E-state index in [4.69, 9.17) is 20.2 Å². The number of carbonyl (C=O) groups is 2. The third kappa shape index (κ3) is 5.30. The molecule has 1 saturated heterocycles. The Hall–Kier alpha value is -5.66. The number of fused-ring (bicyclic) bond motifs is 3. The predicted molar refractivity (Wildman–Crippen MR) is 186 cm³/mol. The first-order valence-corrected chi connectivity index (χ1v) is 16.9. The summed E-state index contributed by atoms with van der Waals surface area (Å²) < 4.78 is 17.3. The summed E-state index contributed by atoms with van der Waals surface area (Å²) in [4.78, 5) is 70.1. The Labute approximate surface area is 295 Å². The molecule has 5 atom stereocenters. The van der Waals surface area contributed by atoms with Crippen LogP contribution in [0.2, 0.25) is 0 Å². The highest BCUT2D eigenvalue weighted by atomic mass is 16.6. The average molecular weight is 718 g/mol. The van der Waals surface area contributed by atoms with E-state index >= 15 is 0 Å². The number of hydrogen-bond acceptors (Lipinski definition) is 13. The molecule has 0 saturated carbocycles. The van der Waals surface area contributed by atoms with Gasteiger partial charge in [-0.15, -0.1) is 0 Å². The Balaban J connectivity index is 1.18. The molecule has 1 fully saturated rings. The van der Waals surface area contributed by atoms with Gasteiger partial charge in [0.05, 0.1) is 19.0 Å². The van der Waals surface area contributed by atoms with Gasteiger partial charge in [0.1, 0.15) is 29.3 Å². The number of hydrogen-bond donors (Lipinski definition) is 5.